The summed E-state index contributed by atoms with van der Waals surface area (Å²) in [6, 6.07) is 4.19. The van der Waals surface area contributed by atoms with Crippen molar-refractivity contribution in [2.75, 3.05) is 0 Å². The monoisotopic (exact) mass is 264 g/mol. The summed E-state index contributed by atoms with van der Waals surface area (Å²) in [5.74, 6) is 1.55. The van der Waals surface area contributed by atoms with E-state index < -0.39 is 0 Å². The van der Waals surface area contributed by atoms with E-state index in [9.17, 15) is 0 Å². The molecule has 0 amide bonds. The third-order valence-electron chi connectivity index (χ3n) is 2.41. The highest BCUT2D eigenvalue weighted by Crippen LogP contribution is 2.51. The number of halogens is 2. The maximum atomic E-state index is 6.30. The maximum absolute atomic E-state index is 6.30. The smallest absolute Gasteiger partial charge is 0.0709 e. The van der Waals surface area contributed by atoms with E-state index in [0.29, 0.717) is 0 Å². The van der Waals surface area contributed by atoms with E-state index in [1.165, 1.54) is 15.1 Å². The molecule has 3 atom stereocenters. The Labute approximate surface area is 90.1 Å². The molecule has 66 valence electrons. The van der Waals surface area contributed by atoms with Gasteiger partial charge in [0.2, 0.25) is 0 Å². The zero-order chi connectivity index (χ0) is 8.72. The third-order valence-corrected chi connectivity index (χ3v) is 4.81. The second-order valence-corrected chi connectivity index (χ2v) is 6.39. The van der Waals surface area contributed by atoms with Gasteiger partial charge < -0.3 is 0 Å². The Morgan fingerprint density at radius 1 is 1.67 bits per heavy atom. The zero-order valence-corrected chi connectivity index (χ0v) is 9.92. The van der Waals surface area contributed by atoms with Crippen LogP contribution in [0, 0.1) is 11.8 Å². The molecule has 1 saturated carbocycles. The van der Waals surface area contributed by atoms with Gasteiger partial charge in [0.15, 0.2) is 0 Å². The van der Waals surface area contributed by atoms with Crippen LogP contribution >= 0.6 is 38.9 Å². The van der Waals surface area contributed by atoms with Crippen molar-refractivity contribution >= 4 is 38.9 Å². The van der Waals surface area contributed by atoms with Crippen molar-refractivity contribution in [3.63, 3.8) is 0 Å². The van der Waals surface area contributed by atoms with Crippen LogP contribution in [0.5, 0.6) is 0 Å². The van der Waals surface area contributed by atoms with Gasteiger partial charge >= 0.3 is 0 Å². The first kappa shape index (κ1) is 9.04. The third kappa shape index (κ3) is 1.70. The molecule has 3 unspecified atom stereocenters. The van der Waals surface area contributed by atoms with Gasteiger partial charge in [-0.2, -0.15) is 0 Å². The second kappa shape index (κ2) is 3.32. The van der Waals surface area contributed by atoms with Gasteiger partial charge in [0.25, 0.3) is 0 Å². The van der Waals surface area contributed by atoms with Gasteiger partial charge in [-0.05, 0) is 46.3 Å². The first-order chi connectivity index (χ1) is 5.68. The second-order valence-electron chi connectivity index (χ2n) is 3.42. The van der Waals surface area contributed by atoms with Crippen molar-refractivity contribution in [3.05, 3.63) is 20.8 Å². The van der Waals surface area contributed by atoms with E-state index in [1.807, 2.05) is 0 Å². The maximum Gasteiger partial charge on any atom is 0.0709 e. The molecule has 3 heteroatoms. The summed E-state index contributed by atoms with van der Waals surface area (Å²) < 4.78 is 1.18. The number of alkyl halides is 1. The molecule has 1 aromatic heterocycles. The van der Waals surface area contributed by atoms with E-state index in [2.05, 4.69) is 35.0 Å². The van der Waals surface area contributed by atoms with Crippen LogP contribution in [0.25, 0.3) is 0 Å². The summed E-state index contributed by atoms with van der Waals surface area (Å²) in [5.41, 5.74) is 0. The van der Waals surface area contributed by atoms with E-state index >= 15 is 0 Å². The van der Waals surface area contributed by atoms with Crippen molar-refractivity contribution in [1.82, 2.24) is 0 Å². The van der Waals surface area contributed by atoms with E-state index in [1.54, 1.807) is 11.3 Å². The Morgan fingerprint density at radius 2 is 2.33 bits per heavy atom. The average Bonchev–Trinajstić information content (AvgIpc) is 2.58. The molecule has 1 heterocycles. The van der Waals surface area contributed by atoms with Gasteiger partial charge in [0, 0.05) is 4.88 Å². The molecule has 1 fully saturated rings. The van der Waals surface area contributed by atoms with Crippen LogP contribution in [0.15, 0.2) is 15.9 Å². The lowest BCUT2D eigenvalue weighted by Crippen LogP contribution is -1.89. The lowest BCUT2D eigenvalue weighted by molar-refractivity contribution is 0.731. The van der Waals surface area contributed by atoms with Crippen LogP contribution in [-0.2, 0) is 0 Å². The van der Waals surface area contributed by atoms with Gasteiger partial charge in [-0.25, -0.2) is 0 Å². The first-order valence-electron chi connectivity index (χ1n) is 4.08. The molecule has 0 nitrogen and oxygen atoms in total. The molecule has 1 aliphatic rings. The largest absolute Gasteiger partial charge is 0.132 e. The van der Waals surface area contributed by atoms with Crippen LogP contribution in [0.4, 0.5) is 0 Å². The summed E-state index contributed by atoms with van der Waals surface area (Å²) in [4.78, 5) is 1.30. The Kier molecular flexibility index (Phi) is 2.50. The van der Waals surface area contributed by atoms with Crippen LogP contribution in [-0.4, -0.2) is 0 Å². The molecule has 0 radical (unpaired) electrons. The van der Waals surface area contributed by atoms with Crippen molar-refractivity contribution in [2.45, 2.75) is 18.7 Å². The molecule has 12 heavy (non-hydrogen) atoms. The normalized spacial score (nSPS) is 30.2. The summed E-state index contributed by atoms with van der Waals surface area (Å²) in [7, 11) is 0. The topological polar surface area (TPSA) is 0 Å². The number of hydrogen-bond donors (Lipinski definition) is 0. The predicted octanol–water partition coefficient (Wildman–Crippen LogP) is 4.45. The molecular weight excluding hydrogens is 256 g/mol. The van der Waals surface area contributed by atoms with Gasteiger partial charge in [-0.15, -0.1) is 22.9 Å². The summed E-state index contributed by atoms with van der Waals surface area (Å²) in [5, 5.41) is 0.247. The molecular formula is C9H10BrClS. The predicted molar refractivity (Wildman–Crippen MR) is 57.9 cm³/mol. The molecule has 0 aliphatic heterocycles. The minimum atomic E-state index is 0.247. The zero-order valence-electron chi connectivity index (χ0n) is 6.76. The molecule has 0 spiro atoms. The molecule has 1 aliphatic carbocycles. The molecule has 1 aromatic rings. The molecule has 0 aromatic carbocycles. The quantitative estimate of drug-likeness (QED) is 0.693. The SMILES string of the molecule is CC1CC1C(Cl)c1ccc(Br)s1. The fourth-order valence-electron chi connectivity index (χ4n) is 1.45. The summed E-state index contributed by atoms with van der Waals surface area (Å²) in [6.07, 6.45) is 1.30. The van der Waals surface area contributed by atoms with E-state index in [-0.39, 0.29) is 5.38 Å². The van der Waals surface area contributed by atoms with E-state index in [4.69, 9.17) is 11.6 Å². The summed E-state index contributed by atoms with van der Waals surface area (Å²) >= 11 is 11.5. The number of rotatable bonds is 2. The van der Waals surface area contributed by atoms with Gasteiger partial charge in [0.1, 0.15) is 0 Å². The Balaban J connectivity index is 2.09. The summed E-state index contributed by atoms with van der Waals surface area (Å²) in [6.45, 7) is 2.27. The highest BCUT2D eigenvalue weighted by Gasteiger charge is 2.39. The number of thiophene rings is 1. The Bertz CT molecular complexity index is 284. The van der Waals surface area contributed by atoms with Crippen molar-refractivity contribution in [1.29, 1.82) is 0 Å². The molecule has 0 N–H and O–H groups in total. The van der Waals surface area contributed by atoms with Crippen molar-refractivity contribution in [3.8, 4) is 0 Å². The fourth-order valence-corrected chi connectivity index (χ4v) is 3.48. The molecule has 0 bridgehead atoms. The van der Waals surface area contributed by atoms with Crippen LogP contribution in [0.3, 0.4) is 0 Å². The lowest BCUT2D eigenvalue weighted by Gasteiger charge is -2.03. The number of hydrogen-bond acceptors (Lipinski definition) is 1. The fraction of sp³-hybridized carbons (Fsp3) is 0.556. The van der Waals surface area contributed by atoms with Crippen molar-refractivity contribution < 1.29 is 0 Å². The Morgan fingerprint density at radius 3 is 2.75 bits per heavy atom. The Hall–Kier alpha value is 0.470. The standard InChI is InChI=1S/C9H10BrClS/c1-5-4-6(5)9(11)7-2-3-8(10)12-7/h2-3,5-6,9H,4H2,1H3. The first-order valence-corrected chi connectivity index (χ1v) is 6.12. The highest BCUT2D eigenvalue weighted by molar-refractivity contribution is 9.11. The minimum Gasteiger partial charge on any atom is -0.132 e. The van der Waals surface area contributed by atoms with Crippen molar-refractivity contribution in [2.24, 2.45) is 11.8 Å². The van der Waals surface area contributed by atoms with Gasteiger partial charge in [-0.1, -0.05) is 6.92 Å². The molecule has 0 saturated heterocycles. The lowest BCUT2D eigenvalue weighted by atomic mass is 10.2. The van der Waals surface area contributed by atoms with Crippen LogP contribution in [0.2, 0.25) is 0 Å². The average molecular weight is 266 g/mol. The van der Waals surface area contributed by atoms with Crippen LogP contribution in [0.1, 0.15) is 23.6 Å². The van der Waals surface area contributed by atoms with Crippen LogP contribution < -0.4 is 0 Å². The highest BCUT2D eigenvalue weighted by atomic mass is 79.9. The molecule has 2 rings (SSSR count). The van der Waals surface area contributed by atoms with Gasteiger partial charge in [-0.3, -0.25) is 0 Å². The van der Waals surface area contributed by atoms with Gasteiger partial charge in [0.05, 0.1) is 9.16 Å². The minimum absolute atomic E-state index is 0.247. The van der Waals surface area contributed by atoms with E-state index in [0.717, 1.165) is 11.8 Å².